The van der Waals surface area contributed by atoms with Crippen molar-refractivity contribution in [2.24, 2.45) is 0 Å². The van der Waals surface area contributed by atoms with Crippen LogP contribution >= 0.6 is 12.2 Å². The van der Waals surface area contributed by atoms with E-state index in [4.69, 9.17) is 21.7 Å². The fourth-order valence-corrected chi connectivity index (χ4v) is 3.79. The molecular weight excluding hydrogens is 362 g/mol. The second-order valence-corrected chi connectivity index (χ2v) is 7.22. The van der Waals surface area contributed by atoms with Gasteiger partial charge in [-0.1, -0.05) is 0 Å². The third kappa shape index (κ3) is 3.86. The predicted molar refractivity (Wildman–Crippen MR) is 108 cm³/mol. The fraction of sp³-hybridized carbons (Fsp3) is 0.474. The van der Waals surface area contributed by atoms with E-state index in [1.54, 1.807) is 0 Å². The maximum atomic E-state index is 5.60. The molecule has 0 amide bonds. The monoisotopic (exact) mass is 387 g/mol. The quantitative estimate of drug-likeness (QED) is 0.809. The Morgan fingerprint density at radius 1 is 1.19 bits per heavy atom. The molecule has 4 rings (SSSR count). The van der Waals surface area contributed by atoms with Gasteiger partial charge in [-0.3, -0.25) is 9.58 Å². The molecule has 0 bridgehead atoms. The van der Waals surface area contributed by atoms with Crippen LogP contribution in [0, 0.1) is 6.92 Å². The lowest BCUT2D eigenvalue weighted by molar-refractivity contribution is 0.174. The van der Waals surface area contributed by atoms with Crippen LogP contribution in [-0.4, -0.2) is 57.7 Å². The molecule has 2 aliphatic heterocycles. The maximum Gasteiger partial charge on any atom is 0.231 e. The third-order valence-electron chi connectivity index (χ3n) is 5.18. The van der Waals surface area contributed by atoms with Crippen LogP contribution in [0.25, 0.3) is 0 Å². The first kappa shape index (κ1) is 18.1. The van der Waals surface area contributed by atoms with Gasteiger partial charge in [-0.05, 0) is 38.2 Å². The molecule has 27 heavy (non-hydrogen) atoms. The van der Waals surface area contributed by atoms with Crippen molar-refractivity contribution in [3.05, 3.63) is 35.7 Å². The Kier molecular flexibility index (Phi) is 5.18. The van der Waals surface area contributed by atoms with Crippen LogP contribution in [0.15, 0.2) is 24.4 Å². The summed E-state index contributed by atoms with van der Waals surface area (Å²) in [7, 11) is 0. The molecule has 1 aromatic carbocycles. The van der Waals surface area contributed by atoms with Crippen molar-refractivity contribution in [1.29, 1.82) is 0 Å². The number of thiocarbonyl (C=S) groups is 1. The Labute approximate surface area is 164 Å². The number of hydrogen-bond acceptors (Lipinski definition) is 5. The zero-order valence-electron chi connectivity index (χ0n) is 15.8. The Bertz CT molecular complexity index is 830. The summed E-state index contributed by atoms with van der Waals surface area (Å²) in [6, 6.07) is 5.80. The second-order valence-electron chi connectivity index (χ2n) is 6.83. The molecule has 8 heteroatoms. The van der Waals surface area contributed by atoms with Crippen LogP contribution in [0.1, 0.15) is 18.2 Å². The van der Waals surface area contributed by atoms with Crippen LogP contribution in [0.5, 0.6) is 11.5 Å². The minimum absolute atomic E-state index is 0.280. The average Bonchev–Trinajstić information content (AvgIpc) is 3.28. The Morgan fingerprint density at radius 2 is 1.96 bits per heavy atom. The summed E-state index contributed by atoms with van der Waals surface area (Å²) in [5.74, 6) is 1.54. The lowest BCUT2D eigenvalue weighted by Gasteiger charge is -2.36. The minimum Gasteiger partial charge on any atom is -0.454 e. The summed E-state index contributed by atoms with van der Waals surface area (Å²) in [6.07, 6.45) is 2.00. The normalized spacial score (nSPS) is 16.6. The van der Waals surface area contributed by atoms with Crippen molar-refractivity contribution >= 4 is 23.0 Å². The minimum atomic E-state index is 0.280. The van der Waals surface area contributed by atoms with E-state index in [0.29, 0.717) is 0 Å². The highest BCUT2D eigenvalue weighted by Crippen LogP contribution is 2.34. The number of ether oxygens (including phenoxy) is 2. The van der Waals surface area contributed by atoms with Gasteiger partial charge in [-0.2, -0.15) is 5.10 Å². The third-order valence-corrected chi connectivity index (χ3v) is 5.54. The van der Waals surface area contributed by atoms with Gasteiger partial charge in [-0.25, -0.2) is 0 Å². The summed E-state index contributed by atoms with van der Waals surface area (Å²) in [6.45, 7) is 10.2. The van der Waals surface area contributed by atoms with Crippen molar-refractivity contribution < 1.29 is 9.47 Å². The van der Waals surface area contributed by atoms with Crippen LogP contribution in [0.4, 0.5) is 5.69 Å². The Balaban J connectivity index is 1.29. The zero-order valence-corrected chi connectivity index (χ0v) is 16.6. The summed E-state index contributed by atoms with van der Waals surface area (Å²) >= 11 is 5.60. The SMILES string of the molecule is CCn1ncc(CN2CCN(C(=S)Nc3ccc4c(c3)OCO4)CC2)c1C. The van der Waals surface area contributed by atoms with Gasteiger partial charge in [0, 0.05) is 62.3 Å². The number of benzene rings is 1. The molecule has 1 N–H and O–H groups in total. The first-order chi connectivity index (χ1) is 13.1. The van der Waals surface area contributed by atoms with E-state index in [2.05, 4.69) is 38.7 Å². The number of aryl methyl sites for hydroxylation is 1. The number of aromatic nitrogens is 2. The first-order valence-corrected chi connectivity index (χ1v) is 9.74. The highest BCUT2D eigenvalue weighted by atomic mass is 32.1. The van der Waals surface area contributed by atoms with E-state index in [-0.39, 0.29) is 6.79 Å². The Hall–Kier alpha value is -2.32. The molecular formula is C19H25N5O2S. The Morgan fingerprint density at radius 3 is 2.70 bits per heavy atom. The summed E-state index contributed by atoms with van der Waals surface area (Å²) in [4.78, 5) is 4.68. The van der Waals surface area contributed by atoms with E-state index < -0.39 is 0 Å². The molecule has 3 heterocycles. The molecule has 0 atom stereocenters. The number of rotatable bonds is 4. The van der Waals surface area contributed by atoms with Crippen molar-refractivity contribution in [2.45, 2.75) is 26.9 Å². The molecule has 0 spiro atoms. The van der Waals surface area contributed by atoms with E-state index in [1.807, 2.05) is 24.4 Å². The van der Waals surface area contributed by atoms with E-state index in [1.165, 1.54) is 11.3 Å². The average molecular weight is 388 g/mol. The predicted octanol–water partition coefficient (Wildman–Crippen LogP) is 2.45. The van der Waals surface area contributed by atoms with Gasteiger partial charge in [-0.15, -0.1) is 0 Å². The van der Waals surface area contributed by atoms with Crippen molar-refractivity contribution in [3.63, 3.8) is 0 Å². The van der Waals surface area contributed by atoms with Gasteiger partial charge in [0.25, 0.3) is 0 Å². The molecule has 1 saturated heterocycles. The molecule has 2 aliphatic rings. The zero-order chi connectivity index (χ0) is 18.8. The topological polar surface area (TPSA) is 54.8 Å². The van der Waals surface area contributed by atoms with Gasteiger partial charge >= 0.3 is 0 Å². The number of hydrogen-bond donors (Lipinski definition) is 1. The van der Waals surface area contributed by atoms with Gasteiger partial charge < -0.3 is 19.7 Å². The molecule has 7 nitrogen and oxygen atoms in total. The van der Waals surface area contributed by atoms with E-state index in [9.17, 15) is 0 Å². The summed E-state index contributed by atoms with van der Waals surface area (Å²) < 4.78 is 12.8. The largest absolute Gasteiger partial charge is 0.454 e. The van der Waals surface area contributed by atoms with Crippen LogP contribution in [0.3, 0.4) is 0 Å². The smallest absolute Gasteiger partial charge is 0.231 e. The lowest BCUT2D eigenvalue weighted by atomic mass is 10.2. The maximum absolute atomic E-state index is 5.60. The molecule has 1 aromatic heterocycles. The molecule has 0 aliphatic carbocycles. The van der Waals surface area contributed by atoms with Gasteiger partial charge in [0.05, 0.1) is 6.20 Å². The number of nitrogens with one attached hydrogen (secondary N) is 1. The standard InChI is InChI=1S/C19H25N5O2S/c1-3-24-14(2)15(11-20-24)12-22-6-8-23(9-7-22)19(27)21-16-4-5-17-18(10-16)26-13-25-17/h4-5,10-11H,3,6-9,12-13H2,1-2H3,(H,21,27). The molecule has 0 radical (unpaired) electrons. The second kappa shape index (κ2) is 7.74. The lowest BCUT2D eigenvalue weighted by Crippen LogP contribution is -2.49. The van der Waals surface area contributed by atoms with Crippen LogP contribution in [-0.2, 0) is 13.1 Å². The molecule has 0 saturated carbocycles. The molecule has 0 unspecified atom stereocenters. The van der Waals surface area contributed by atoms with Gasteiger partial charge in [0.2, 0.25) is 6.79 Å². The molecule has 1 fully saturated rings. The van der Waals surface area contributed by atoms with Crippen molar-refractivity contribution in [2.75, 3.05) is 38.3 Å². The highest BCUT2D eigenvalue weighted by molar-refractivity contribution is 7.80. The van der Waals surface area contributed by atoms with Crippen molar-refractivity contribution in [3.8, 4) is 11.5 Å². The van der Waals surface area contributed by atoms with Crippen LogP contribution < -0.4 is 14.8 Å². The number of anilines is 1. The number of nitrogens with zero attached hydrogens (tertiary/aromatic N) is 4. The van der Waals surface area contributed by atoms with Gasteiger partial charge in [0.15, 0.2) is 16.6 Å². The molecule has 144 valence electrons. The van der Waals surface area contributed by atoms with Gasteiger partial charge in [0.1, 0.15) is 0 Å². The van der Waals surface area contributed by atoms with E-state index >= 15 is 0 Å². The van der Waals surface area contributed by atoms with E-state index in [0.717, 1.165) is 61.6 Å². The van der Waals surface area contributed by atoms with Crippen molar-refractivity contribution in [1.82, 2.24) is 19.6 Å². The number of piperazine rings is 1. The summed E-state index contributed by atoms with van der Waals surface area (Å²) in [5.41, 5.74) is 3.50. The first-order valence-electron chi connectivity index (χ1n) is 9.33. The van der Waals surface area contributed by atoms with Crippen LogP contribution in [0.2, 0.25) is 0 Å². The highest BCUT2D eigenvalue weighted by Gasteiger charge is 2.21. The number of fused-ring (bicyclic) bond motifs is 1. The molecule has 2 aromatic rings. The summed E-state index contributed by atoms with van der Waals surface area (Å²) in [5, 5.41) is 8.51. The fourth-order valence-electron chi connectivity index (χ4n) is 3.49.